The number of aryl methyl sites for hydroxylation is 2. The number of pyridine rings is 1. The molecule has 0 unspecified atom stereocenters. The Morgan fingerprint density at radius 1 is 1.06 bits per heavy atom. The van der Waals surface area contributed by atoms with Crippen LogP contribution in [0.3, 0.4) is 0 Å². The van der Waals surface area contributed by atoms with Gasteiger partial charge in [-0.1, -0.05) is 36.4 Å². The van der Waals surface area contributed by atoms with Gasteiger partial charge in [0.05, 0.1) is 11.0 Å². The van der Waals surface area contributed by atoms with Crippen molar-refractivity contribution in [1.82, 2.24) is 24.7 Å². The fourth-order valence-electron chi connectivity index (χ4n) is 3.87. The van der Waals surface area contributed by atoms with E-state index in [1.54, 1.807) is 17.9 Å². The summed E-state index contributed by atoms with van der Waals surface area (Å²) in [5.41, 5.74) is 13.4. The minimum atomic E-state index is 0.0888. The number of aromatic nitrogens is 5. The molecule has 0 saturated heterocycles. The summed E-state index contributed by atoms with van der Waals surface area (Å²) in [6.07, 6.45) is 1.79. The summed E-state index contributed by atoms with van der Waals surface area (Å²) in [7, 11) is 1.80. The highest BCUT2D eigenvalue weighted by Crippen LogP contribution is 2.37. The standard InChI is InChI=1S/C24H22N6O/c1-14-18(4-3-11-26-14)16-6-8-17(9-7-16)21-23(31)22(30(2)29-21)24-27-19-10-5-15(13-25)12-20(19)28-24/h3-12,31H,13,25H2,1-2H3,(H,27,28). The highest BCUT2D eigenvalue weighted by atomic mass is 16.3. The quantitative estimate of drug-likeness (QED) is 0.412. The van der Waals surface area contributed by atoms with Gasteiger partial charge < -0.3 is 15.8 Å². The third-order valence-corrected chi connectivity index (χ3v) is 5.50. The van der Waals surface area contributed by atoms with Gasteiger partial charge in [0.15, 0.2) is 11.6 Å². The van der Waals surface area contributed by atoms with Crippen molar-refractivity contribution in [3.8, 4) is 39.7 Å². The van der Waals surface area contributed by atoms with Crippen LogP contribution in [0.15, 0.2) is 60.8 Å². The molecule has 0 fully saturated rings. The minimum absolute atomic E-state index is 0.0888. The average molecular weight is 410 g/mol. The summed E-state index contributed by atoms with van der Waals surface area (Å²) in [6.45, 7) is 2.45. The number of imidazole rings is 1. The molecule has 0 saturated carbocycles. The van der Waals surface area contributed by atoms with Crippen molar-refractivity contribution in [2.75, 3.05) is 0 Å². The fraction of sp³-hybridized carbons (Fsp3) is 0.125. The van der Waals surface area contributed by atoms with Crippen LogP contribution < -0.4 is 5.73 Å². The summed E-state index contributed by atoms with van der Waals surface area (Å²) in [4.78, 5) is 12.3. The van der Waals surface area contributed by atoms with Crippen molar-refractivity contribution < 1.29 is 5.11 Å². The number of benzene rings is 2. The molecule has 0 aliphatic heterocycles. The highest BCUT2D eigenvalue weighted by molar-refractivity contribution is 5.83. The maximum Gasteiger partial charge on any atom is 0.173 e. The van der Waals surface area contributed by atoms with Crippen molar-refractivity contribution in [2.24, 2.45) is 12.8 Å². The van der Waals surface area contributed by atoms with Crippen molar-refractivity contribution in [3.63, 3.8) is 0 Å². The zero-order valence-electron chi connectivity index (χ0n) is 17.3. The lowest BCUT2D eigenvalue weighted by molar-refractivity contribution is 0.478. The molecule has 2 aromatic carbocycles. The van der Waals surface area contributed by atoms with Gasteiger partial charge in [-0.15, -0.1) is 0 Å². The Morgan fingerprint density at radius 2 is 1.84 bits per heavy atom. The highest BCUT2D eigenvalue weighted by Gasteiger charge is 2.21. The van der Waals surface area contributed by atoms with E-state index in [4.69, 9.17) is 5.73 Å². The molecular weight excluding hydrogens is 388 g/mol. The molecule has 3 heterocycles. The smallest absolute Gasteiger partial charge is 0.173 e. The second-order valence-corrected chi connectivity index (χ2v) is 7.52. The van der Waals surface area contributed by atoms with Gasteiger partial charge in [-0.25, -0.2) is 4.98 Å². The summed E-state index contributed by atoms with van der Waals surface area (Å²) in [6, 6.07) is 17.8. The molecule has 4 N–H and O–H groups in total. The summed E-state index contributed by atoms with van der Waals surface area (Å²) in [5.74, 6) is 0.649. The number of hydrogen-bond acceptors (Lipinski definition) is 5. The van der Waals surface area contributed by atoms with E-state index in [1.165, 1.54) is 0 Å². The number of nitrogens with two attached hydrogens (primary N) is 1. The van der Waals surface area contributed by atoms with E-state index in [1.807, 2.05) is 61.5 Å². The fourth-order valence-corrected chi connectivity index (χ4v) is 3.87. The Balaban J connectivity index is 1.54. The Bertz CT molecular complexity index is 1400. The maximum atomic E-state index is 11.0. The first-order valence-electron chi connectivity index (χ1n) is 10.0. The molecule has 154 valence electrons. The topological polar surface area (TPSA) is 106 Å². The average Bonchev–Trinajstić information content (AvgIpc) is 3.33. The number of rotatable bonds is 4. The first kappa shape index (κ1) is 19.0. The van der Waals surface area contributed by atoms with Gasteiger partial charge in [0.25, 0.3) is 0 Å². The van der Waals surface area contributed by atoms with E-state index in [9.17, 15) is 5.11 Å². The van der Waals surface area contributed by atoms with Crippen LogP contribution in [-0.4, -0.2) is 29.8 Å². The Kier molecular flexibility index (Phi) is 4.52. The molecule has 3 aromatic heterocycles. The predicted octanol–water partition coefficient (Wildman–Crippen LogP) is 4.17. The van der Waals surface area contributed by atoms with Gasteiger partial charge in [0, 0.05) is 36.6 Å². The molecule has 31 heavy (non-hydrogen) atoms. The van der Waals surface area contributed by atoms with Crippen LogP contribution in [0.5, 0.6) is 5.75 Å². The number of aromatic amines is 1. The van der Waals surface area contributed by atoms with Gasteiger partial charge >= 0.3 is 0 Å². The van der Waals surface area contributed by atoms with E-state index in [-0.39, 0.29) is 5.75 Å². The number of aromatic hydroxyl groups is 1. The van der Waals surface area contributed by atoms with E-state index in [2.05, 4.69) is 20.1 Å². The number of hydrogen-bond donors (Lipinski definition) is 3. The van der Waals surface area contributed by atoms with Gasteiger partial charge in [-0.3, -0.25) is 9.67 Å². The number of fused-ring (bicyclic) bond motifs is 1. The lowest BCUT2D eigenvalue weighted by atomic mass is 10.0. The Hall–Kier alpha value is -3.97. The van der Waals surface area contributed by atoms with Gasteiger partial charge in [0.2, 0.25) is 0 Å². The van der Waals surface area contributed by atoms with Gasteiger partial charge in [-0.2, -0.15) is 5.10 Å². The van der Waals surface area contributed by atoms with Crippen LogP contribution in [0, 0.1) is 6.92 Å². The van der Waals surface area contributed by atoms with Gasteiger partial charge in [0.1, 0.15) is 11.4 Å². The van der Waals surface area contributed by atoms with Crippen LogP contribution in [0.2, 0.25) is 0 Å². The third-order valence-electron chi connectivity index (χ3n) is 5.50. The molecule has 7 nitrogen and oxygen atoms in total. The molecule has 0 amide bonds. The molecule has 0 atom stereocenters. The van der Waals surface area contributed by atoms with E-state index in [0.29, 0.717) is 23.8 Å². The lowest BCUT2D eigenvalue weighted by Gasteiger charge is -2.06. The third kappa shape index (κ3) is 3.25. The SMILES string of the molecule is Cc1ncccc1-c1ccc(-c2nn(C)c(-c3nc4ccc(CN)cc4[nH]3)c2O)cc1. The molecule has 7 heteroatoms. The van der Waals surface area contributed by atoms with Crippen molar-refractivity contribution in [2.45, 2.75) is 13.5 Å². The summed E-state index contributed by atoms with van der Waals surface area (Å²) >= 11 is 0. The molecule has 0 bridgehead atoms. The Morgan fingerprint density at radius 3 is 2.58 bits per heavy atom. The zero-order chi connectivity index (χ0) is 21.5. The maximum absolute atomic E-state index is 11.0. The molecular formula is C24H22N6O. The summed E-state index contributed by atoms with van der Waals surface area (Å²) < 4.78 is 1.64. The van der Waals surface area contributed by atoms with Crippen LogP contribution >= 0.6 is 0 Å². The second kappa shape index (κ2) is 7.37. The monoisotopic (exact) mass is 410 g/mol. The van der Waals surface area contributed by atoms with Crippen LogP contribution in [0.25, 0.3) is 44.9 Å². The second-order valence-electron chi connectivity index (χ2n) is 7.52. The zero-order valence-corrected chi connectivity index (χ0v) is 17.3. The summed E-state index contributed by atoms with van der Waals surface area (Å²) in [5, 5.41) is 15.6. The molecule has 5 aromatic rings. The van der Waals surface area contributed by atoms with E-state index in [0.717, 1.165) is 39.0 Å². The van der Waals surface area contributed by atoms with Crippen LogP contribution in [0.1, 0.15) is 11.3 Å². The molecule has 0 spiro atoms. The number of nitrogens with zero attached hydrogens (tertiary/aromatic N) is 4. The first-order valence-corrected chi connectivity index (χ1v) is 10.0. The first-order chi connectivity index (χ1) is 15.0. The lowest BCUT2D eigenvalue weighted by Crippen LogP contribution is -1.95. The molecule has 0 aliphatic carbocycles. The molecule has 0 radical (unpaired) electrons. The Labute approximate surface area is 179 Å². The molecule has 5 rings (SSSR count). The van der Waals surface area contributed by atoms with E-state index >= 15 is 0 Å². The van der Waals surface area contributed by atoms with Gasteiger partial charge in [-0.05, 0) is 36.2 Å². The number of H-pyrrole nitrogens is 1. The van der Waals surface area contributed by atoms with Crippen LogP contribution in [-0.2, 0) is 13.6 Å². The largest absolute Gasteiger partial charge is 0.504 e. The van der Waals surface area contributed by atoms with Crippen LogP contribution in [0.4, 0.5) is 0 Å². The minimum Gasteiger partial charge on any atom is -0.504 e. The van der Waals surface area contributed by atoms with E-state index < -0.39 is 0 Å². The normalized spacial score (nSPS) is 11.3. The van der Waals surface area contributed by atoms with Crippen molar-refractivity contribution in [3.05, 3.63) is 72.1 Å². The van der Waals surface area contributed by atoms with Crippen molar-refractivity contribution >= 4 is 11.0 Å². The van der Waals surface area contributed by atoms with Crippen molar-refractivity contribution in [1.29, 1.82) is 0 Å². The molecule has 0 aliphatic rings. The predicted molar refractivity (Wildman–Crippen MR) is 121 cm³/mol. The number of nitrogens with one attached hydrogen (secondary N) is 1.